The van der Waals surface area contributed by atoms with Crippen LogP contribution in [0.1, 0.15) is 22.7 Å². The number of halogens is 2. The van der Waals surface area contributed by atoms with Crippen LogP contribution in [0.4, 0.5) is 0 Å². The third-order valence-electron chi connectivity index (χ3n) is 3.17. The maximum absolute atomic E-state index is 5.90. The number of hydrazine groups is 1. The maximum atomic E-state index is 5.90. The molecule has 0 amide bonds. The van der Waals surface area contributed by atoms with E-state index < -0.39 is 0 Å². The highest BCUT2D eigenvalue weighted by atomic mass is 79.9. The highest BCUT2D eigenvalue weighted by Gasteiger charge is 2.13. The molecule has 0 saturated carbocycles. The lowest BCUT2D eigenvalue weighted by Gasteiger charge is -2.19. The molecule has 3 N–H and O–H groups in total. The molecule has 2 rings (SSSR count). The van der Waals surface area contributed by atoms with Crippen LogP contribution < -0.4 is 11.3 Å². The lowest BCUT2D eigenvalue weighted by Crippen LogP contribution is -2.30. The van der Waals surface area contributed by atoms with Gasteiger partial charge in [0.2, 0.25) is 0 Å². The van der Waals surface area contributed by atoms with Crippen molar-refractivity contribution in [2.45, 2.75) is 19.4 Å². The summed E-state index contributed by atoms with van der Waals surface area (Å²) in [6, 6.07) is 14.2. The van der Waals surface area contributed by atoms with Gasteiger partial charge in [-0.25, -0.2) is 0 Å². The molecule has 4 heteroatoms. The summed E-state index contributed by atoms with van der Waals surface area (Å²) in [5.41, 5.74) is 6.52. The van der Waals surface area contributed by atoms with Gasteiger partial charge in [-0.15, -0.1) is 0 Å². The van der Waals surface area contributed by atoms with Gasteiger partial charge in [-0.3, -0.25) is 11.3 Å². The van der Waals surface area contributed by atoms with E-state index in [1.165, 1.54) is 16.7 Å². The Morgan fingerprint density at radius 2 is 1.89 bits per heavy atom. The summed E-state index contributed by atoms with van der Waals surface area (Å²) in [5.74, 6) is 5.71. The molecule has 0 fully saturated rings. The van der Waals surface area contributed by atoms with Crippen LogP contribution in [-0.4, -0.2) is 0 Å². The van der Waals surface area contributed by atoms with E-state index in [1.54, 1.807) is 0 Å². The van der Waals surface area contributed by atoms with Crippen LogP contribution in [0.15, 0.2) is 46.9 Å². The molecule has 2 nitrogen and oxygen atoms in total. The number of rotatable bonds is 4. The lowest BCUT2D eigenvalue weighted by atomic mass is 9.96. The second-order valence-corrected chi connectivity index (χ2v) is 5.90. The van der Waals surface area contributed by atoms with Crippen LogP contribution in [0.25, 0.3) is 0 Å². The third kappa shape index (κ3) is 3.80. The molecule has 0 bridgehead atoms. The third-order valence-corrected chi connectivity index (χ3v) is 3.92. The van der Waals surface area contributed by atoms with Gasteiger partial charge in [0.15, 0.2) is 0 Å². The van der Waals surface area contributed by atoms with Crippen LogP contribution >= 0.6 is 27.5 Å². The Kier molecular flexibility index (Phi) is 4.99. The van der Waals surface area contributed by atoms with Crippen molar-refractivity contribution in [1.82, 2.24) is 5.43 Å². The number of aryl methyl sites for hydroxylation is 1. The number of hydrogen-bond acceptors (Lipinski definition) is 2. The molecule has 0 radical (unpaired) electrons. The summed E-state index contributed by atoms with van der Waals surface area (Å²) in [4.78, 5) is 0. The van der Waals surface area contributed by atoms with Crippen molar-refractivity contribution in [3.63, 3.8) is 0 Å². The van der Waals surface area contributed by atoms with E-state index in [-0.39, 0.29) is 6.04 Å². The maximum Gasteiger partial charge on any atom is 0.0503 e. The molecule has 0 spiro atoms. The lowest BCUT2D eigenvalue weighted by molar-refractivity contribution is 0.549. The Hall–Kier alpha value is -0.870. The summed E-state index contributed by atoms with van der Waals surface area (Å²) < 4.78 is 1.06. The highest BCUT2D eigenvalue weighted by molar-refractivity contribution is 9.10. The van der Waals surface area contributed by atoms with Gasteiger partial charge < -0.3 is 0 Å². The number of nitrogens with two attached hydrogens (primary N) is 1. The van der Waals surface area contributed by atoms with Crippen LogP contribution in [0.2, 0.25) is 5.02 Å². The number of hydrogen-bond donors (Lipinski definition) is 2. The van der Waals surface area contributed by atoms with E-state index in [9.17, 15) is 0 Å². The molecular weight excluding hydrogens is 324 g/mol. The minimum atomic E-state index is 0.0821. The Labute approximate surface area is 127 Å². The molecule has 0 heterocycles. The van der Waals surface area contributed by atoms with E-state index in [0.717, 1.165) is 15.9 Å². The zero-order chi connectivity index (χ0) is 13.8. The van der Waals surface area contributed by atoms with E-state index in [4.69, 9.17) is 17.4 Å². The van der Waals surface area contributed by atoms with E-state index in [0.29, 0.717) is 0 Å². The Balaban J connectivity index is 2.24. The average molecular weight is 340 g/mol. The zero-order valence-corrected chi connectivity index (χ0v) is 13.0. The molecule has 0 aliphatic heterocycles. The summed E-state index contributed by atoms with van der Waals surface area (Å²) in [6.45, 7) is 2.09. The fraction of sp³-hybridized carbons (Fsp3) is 0.200. The number of nitrogens with one attached hydrogen (secondary N) is 1. The van der Waals surface area contributed by atoms with Crippen LogP contribution in [0.3, 0.4) is 0 Å². The van der Waals surface area contributed by atoms with E-state index >= 15 is 0 Å². The summed E-state index contributed by atoms with van der Waals surface area (Å²) >= 11 is 9.40. The number of benzene rings is 2. The largest absolute Gasteiger partial charge is 0.271 e. The second kappa shape index (κ2) is 6.53. The van der Waals surface area contributed by atoms with Crippen LogP contribution in [0, 0.1) is 6.92 Å². The van der Waals surface area contributed by atoms with Crippen molar-refractivity contribution >= 4 is 27.5 Å². The molecule has 2 aromatic carbocycles. The molecule has 2 aromatic rings. The average Bonchev–Trinajstić information content (AvgIpc) is 2.41. The van der Waals surface area contributed by atoms with Crippen molar-refractivity contribution in [3.8, 4) is 0 Å². The summed E-state index contributed by atoms with van der Waals surface area (Å²) in [7, 11) is 0. The normalized spacial score (nSPS) is 12.4. The Morgan fingerprint density at radius 3 is 2.53 bits per heavy atom. The Bertz CT molecular complexity index is 555. The summed E-state index contributed by atoms with van der Waals surface area (Å²) in [6.07, 6.45) is 0.824. The molecule has 0 aliphatic carbocycles. The van der Waals surface area contributed by atoms with Gasteiger partial charge in [-0.2, -0.15) is 0 Å². The van der Waals surface area contributed by atoms with Crippen molar-refractivity contribution in [2.75, 3.05) is 0 Å². The van der Waals surface area contributed by atoms with Gasteiger partial charge in [0.25, 0.3) is 0 Å². The van der Waals surface area contributed by atoms with E-state index in [1.807, 2.05) is 30.3 Å². The monoisotopic (exact) mass is 338 g/mol. The van der Waals surface area contributed by atoms with Gasteiger partial charge in [0, 0.05) is 9.50 Å². The van der Waals surface area contributed by atoms with Crippen molar-refractivity contribution in [2.24, 2.45) is 5.84 Å². The first kappa shape index (κ1) is 14.5. The molecule has 0 saturated heterocycles. The van der Waals surface area contributed by atoms with Crippen LogP contribution in [0.5, 0.6) is 0 Å². The topological polar surface area (TPSA) is 38.0 Å². The molecule has 1 atom stereocenters. The van der Waals surface area contributed by atoms with Gasteiger partial charge in [-0.05, 0) is 54.3 Å². The first-order valence-corrected chi connectivity index (χ1v) is 7.24. The predicted molar refractivity (Wildman–Crippen MR) is 84.1 cm³/mol. The first-order chi connectivity index (χ1) is 9.10. The molecule has 0 aromatic heterocycles. The zero-order valence-electron chi connectivity index (χ0n) is 10.7. The Morgan fingerprint density at radius 1 is 1.21 bits per heavy atom. The second-order valence-electron chi connectivity index (χ2n) is 4.55. The minimum Gasteiger partial charge on any atom is -0.271 e. The van der Waals surface area contributed by atoms with Gasteiger partial charge in [0.05, 0.1) is 6.04 Å². The first-order valence-electron chi connectivity index (χ1n) is 6.07. The van der Waals surface area contributed by atoms with Gasteiger partial charge in [-0.1, -0.05) is 45.7 Å². The molecule has 1 unspecified atom stereocenters. The van der Waals surface area contributed by atoms with Crippen LogP contribution in [-0.2, 0) is 6.42 Å². The minimum absolute atomic E-state index is 0.0821. The molecule has 19 heavy (non-hydrogen) atoms. The molecule has 100 valence electrons. The van der Waals surface area contributed by atoms with Crippen molar-refractivity contribution in [1.29, 1.82) is 0 Å². The fourth-order valence-electron chi connectivity index (χ4n) is 2.10. The summed E-state index contributed by atoms with van der Waals surface area (Å²) in [5, 5.41) is 0.750. The SMILES string of the molecule is Cc1ccc(Br)cc1C(Cc1ccc(Cl)cc1)NN. The van der Waals surface area contributed by atoms with Crippen molar-refractivity contribution in [3.05, 3.63) is 68.7 Å². The fourth-order valence-corrected chi connectivity index (χ4v) is 2.61. The van der Waals surface area contributed by atoms with Crippen molar-refractivity contribution < 1.29 is 0 Å². The van der Waals surface area contributed by atoms with E-state index in [2.05, 4.69) is 40.4 Å². The highest BCUT2D eigenvalue weighted by Crippen LogP contribution is 2.25. The predicted octanol–water partition coefficient (Wildman–Crippen LogP) is 4.16. The smallest absolute Gasteiger partial charge is 0.0503 e. The standard InChI is InChI=1S/C15H16BrClN2/c1-10-2-5-12(16)9-14(10)15(19-18)8-11-3-6-13(17)7-4-11/h2-7,9,15,19H,8,18H2,1H3. The van der Waals surface area contributed by atoms with Gasteiger partial charge >= 0.3 is 0 Å². The van der Waals surface area contributed by atoms with Gasteiger partial charge in [0.1, 0.15) is 0 Å². The quantitative estimate of drug-likeness (QED) is 0.648. The molecule has 0 aliphatic rings. The molecular formula is C15H16BrClN2.